The first-order chi connectivity index (χ1) is 20.1. The van der Waals surface area contributed by atoms with Gasteiger partial charge in [0, 0.05) is 18.7 Å². The minimum Gasteiger partial charge on any atom is -0.444 e. The molecular formula is C28H37BrClN5O7S. The van der Waals surface area contributed by atoms with Crippen molar-refractivity contribution < 1.29 is 32.3 Å². The van der Waals surface area contributed by atoms with Gasteiger partial charge in [0.1, 0.15) is 33.3 Å². The molecule has 1 aromatic rings. The van der Waals surface area contributed by atoms with E-state index in [-0.39, 0.29) is 20.9 Å². The van der Waals surface area contributed by atoms with E-state index < -0.39 is 63.0 Å². The van der Waals surface area contributed by atoms with Gasteiger partial charge in [0.2, 0.25) is 11.8 Å². The molecule has 0 spiro atoms. The maximum Gasteiger partial charge on any atom is 0.408 e. The van der Waals surface area contributed by atoms with Gasteiger partial charge in [0.05, 0.1) is 4.47 Å². The molecule has 1 aromatic heterocycles. The average molecular weight is 703 g/mol. The van der Waals surface area contributed by atoms with Crippen molar-refractivity contribution in [3.63, 3.8) is 0 Å². The average Bonchev–Trinajstić information content (AvgIpc) is 3.36. The summed E-state index contributed by atoms with van der Waals surface area (Å²) in [5, 5.41) is 5.54. The van der Waals surface area contributed by atoms with Crippen molar-refractivity contribution in [1.82, 2.24) is 25.2 Å². The zero-order chi connectivity index (χ0) is 31.6. The predicted octanol–water partition coefficient (Wildman–Crippen LogP) is 3.58. The van der Waals surface area contributed by atoms with Gasteiger partial charge in [-0.1, -0.05) is 36.6 Å². The molecule has 2 fully saturated rings. The maximum absolute atomic E-state index is 13.7. The number of aromatic nitrogens is 1. The summed E-state index contributed by atoms with van der Waals surface area (Å²) in [6.45, 7) is 5.49. The summed E-state index contributed by atoms with van der Waals surface area (Å²) < 4.78 is 33.8. The van der Waals surface area contributed by atoms with Crippen LogP contribution in [0.15, 0.2) is 33.8 Å². The summed E-state index contributed by atoms with van der Waals surface area (Å²) in [6, 6.07) is -0.540. The Morgan fingerprint density at radius 1 is 1.19 bits per heavy atom. The van der Waals surface area contributed by atoms with Gasteiger partial charge in [-0.2, -0.15) is 0 Å². The number of fused-ring (bicyclic) bond motifs is 2. The molecule has 15 heteroatoms. The van der Waals surface area contributed by atoms with Crippen molar-refractivity contribution in [3.8, 4) is 0 Å². The third-order valence-corrected chi connectivity index (χ3v) is 10.1. The fourth-order valence-electron chi connectivity index (χ4n) is 5.37. The minimum absolute atomic E-state index is 0.0598. The number of alkyl carbamates (subject to hydrolysis) is 1. The van der Waals surface area contributed by atoms with Crippen molar-refractivity contribution in [2.45, 2.75) is 100 Å². The van der Waals surface area contributed by atoms with Crippen LogP contribution in [0.1, 0.15) is 72.1 Å². The molecule has 0 bridgehead atoms. The van der Waals surface area contributed by atoms with Gasteiger partial charge < -0.3 is 20.3 Å². The highest BCUT2D eigenvalue weighted by Crippen LogP contribution is 2.46. The summed E-state index contributed by atoms with van der Waals surface area (Å²) in [6.07, 6.45) is 8.53. The zero-order valence-corrected chi connectivity index (χ0v) is 27.5. The molecule has 0 aromatic carbocycles. The quantitative estimate of drug-likeness (QED) is 0.317. The van der Waals surface area contributed by atoms with E-state index in [0.29, 0.717) is 38.6 Å². The number of allylic oxidation sites excluding steroid dienone is 1. The summed E-state index contributed by atoms with van der Waals surface area (Å²) in [5.74, 6) is -2.27. The molecule has 0 unspecified atom stereocenters. The third-order valence-electron chi connectivity index (χ3n) is 7.63. The first kappa shape index (κ1) is 33.2. The summed E-state index contributed by atoms with van der Waals surface area (Å²) in [7, 11) is -4.34. The molecule has 3 aliphatic rings. The Labute approximate surface area is 264 Å². The number of hydrogen-bond donors (Lipinski definition) is 3. The van der Waals surface area contributed by atoms with E-state index in [1.807, 2.05) is 12.2 Å². The molecule has 0 radical (unpaired) electrons. The summed E-state index contributed by atoms with van der Waals surface area (Å²) in [4.78, 5) is 58.4. The van der Waals surface area contributed by atoms with E-state index >= 15 is 0 Å². The van der Waals surface area contributed by atoms with Crippen LogP contribution in [0, 0.1) is 5.92 Å². The van der Waals surface area contributed by atoms with E-state index in [2.05, 4.69) is 36.3 Å². The molecule has 1 saturated carbocycles. The molecule has 4 atom stereocenters. The third kappa shape index (κ3) is 8.07. The van der Waals surface area contributed by atoms with Crippen molar-refractivity contribution >= 4 is 61.4 Å². The number of carbonyl (C=O) groups excluding carboxylic acids is 4. The lowest BCUT2D eigenvalue weighted by atomic mass is 10.0. The van der Waals surface area contributed by atoms with Gasteiger partial charge in [-0.05, 0) is 81.3 Å². The van der Waals surface area contributed by atoms with Gasteiger partial charge in [-0.25, -0.2) is 22.9 Å². The van der Waals surface area contributed by atoms with E-state index in [4.69, 9.17) is 16.3 Å². The molecule has 43 heavy (non-hydrogen) atoms. The van der Waals surface area contributed by atoms with Crippen LogP contribution in [0.3, 0.4) is 0 Å². The number of hydrogen-bond acceptors (Lipinski definition) is 8. The Kier molecular flexibility index (Phi) is 10.1. The summed E-state index contributed by atoms with van der Waals surface area (Å²) in [5.41, 5.74) is -2.26. The molecule has 3 heterocycles. The van der Waals surface area contributed by atoms with Crippen LogP contribution in [0.4, 0.5) is 4.79 Å². The van der Waals surface area contributed by atoms with E-state index in [0.717, 1.165) is 19.0 Å². The van der Waals surface area contributed by atoms with Crippen LogP contribution >= 0.6 is 27.5 Å². The molecule has 2 aliphatic heterocycles. The van der Waals surface area contributed by atoms with E-state index in [9.17, 15) is 27.6 Å². The van der Waals surface area contributed by atoms with Crippen molar-refractivity contribution in [3.05, 3.63) is 34.0 Å². The van der Waals surface area contributed by atoms with Gasteiger partial charge in [-0.15, -0.1) is 0 Å². The van der Waals surface area contributed by atoms with Crippen LogP contribution in [-0.2, 0) is 29.1 Å². The topological polar surface area (TPSA) is 164 Å². The van der Waals surface area contributed by atoms with Crippen LogP contribution in [-0.4, -0.2) is 71.9 Å². The zero-order valence-electron chi connectivity index (χ0n) is 24.3. The minimum atomic E-state index is -4.34. The number of halogens is 2. The van der Waals surface area contributed by atoms with E-state index in [1.165, 1.54) is 11.0 Å². The molecule has 236 valence electrons. The second-order valence-electron chi connectivity index (χ2n) is 12.1. The number of pyridine rings is 1. The molecule has 1 aliphatic carbocycles. The van der Waals surface area contributed by atoms with Crippen molar-refractivity contribution in [2.75, 3.05) is 6.54 Å². The van der Waals surface area contributed by atoms with Gasteiger partial charge >= 0.3 is 6.09 Å². The van der Waals surface area contributed by atoms with Gasteiger partial charge in [0.15, 0.2) is 0 Å². The molecule has 3 N–H and O–H groups in total. The van der Waals surface area contributed by atoms with E-state index in [1.54, 1.807) is 20.8 Å². The SMILES string of the molecule is CC(C)(C)OC(=O)N[C@H]1CCCCC/C=C\[C@H]2C[C@@]2(C(=O)NS(=O)(=O)c2cnc(Cl)c(Br)c2)NC(=O)[C@@H]2CCCN2C1=O. The highest BCUT2D eigenvalue weighted by atomic mass is 79.9. The second-order valence-corrected chi connectivity index (χ2v) is 15.0. The Morgan fingerprint density at radius 3 is 2.63 bits per heavy atom. The van der Waals surface area contributed by atoms with Gasteiger partial charge in [-0.3, -0.25) is 14.4 Å². The molecule has 1 saturated heterocycles. The standard InChI is InChI=1S/C28H37BrClN5O7S/c1-27(2,3)42-26(39)32-20-11-8-6-4-5-7-10-17-15-28(17,33-23(36)21-12-9-13-35(21)24(20)37)25(38)34-43(40,41)18-14-19(29)22(30)31-16-18/h7,10,14,16-17,20-21H,4-6,8-9,11-13,15H2,1-3H3,(H,32,39)(H,33,36)(H,34,38)/b10-7-/t17-,20-,21-,28+/m0/s1. The Hall–Kier alpha value is -2.71. The molecule has 12 nitrogen and oxygen atoms in total. The second kappa shape index (κ2) is 13.1. The van der Waals surface area contributed by atoms with Crippen molar-refractivity contribution in [2.24, 2.45) is 5.92 Å². The smallest absolute Gasteiger partial charge is 0.408 e. The number of amides is 4. The lowest BCUT2D eigenvalue weighted by molar-refractivity contribution is -0.141. The molecular weight excluding hydrogens is 666 g/mol. The van der Waals surface area contributed by atoms with Crippen LogP contribution in [0.5, 0.6) is 0 Å². The maximum atomic E-state index is 13.7. The highest BCUT2D eigenvalue weighted by molar-refractivity contribution is 9.10. The molecule has 4 rings (SSSR count). The predicted molar refractivity (Wildman–Crippen MR) is 161 cm³/mol. The van der Waals surface area contributed by atoms with Crippen LogP contribution < -0.4 is 15.4 Å². The monoisotopic (exact) mass is 701 g/mol. The lowest BCUT2D eigenvalue weighted by Crippen LogP contribution is -2.58. The summed E-state index contributed by atoms with van der Waals surface area (Å²) >= 11 is 9.02. The van der Waals surface area contributed by atoms with Gasteiger partial charge in [0.25, 0.3) is 15.9 Å². The largest absolute Gasteiger partial charge is 0.444 e. The Morgan fingerprint density at radius 2 is 1.93 bits per heavy atom. The number of rotatable bonds is 4. The fourth-order valence-corrected chi connectivity index (χ4v) is 6.98. The Bertz CT molecular complexity index is 1420. The number of nitrogens with zero attached hydrogens (tertiary/aromatic N) is 2. The normalized spacial score (nSPS) is 27.5. The number of nitrogens with one attached hydrogen (secondary N) is 3. The first-order valence-electron chi connectivity index (χ1n) is 14.3. The van der Waals surface area contributed by atoms with Crippen molar-refractivity contribution in [1.29, 1.82) is 0 Å². The highest BCUT2D eigenvalue weighted by Gasteiger charge is 2.61. The first-order valence-corrected chi connectivity index (χ1v) is 17.0. The lowest BCUT2D eigenvalue weighted by Gasteiger charge is -2.30. The molecule has 4 amide bonds. The Balaban J connectivity index is 1.57. The number of ether oxygens (including phenoxy) is 1. The fraction of sp³-hybridized carbons (Fsp3) is 0.607. The number of sulfonamides is 1. The van der Waals surface area contributed by atoms with Crippen LogP contribution in [0.25, 0.3) is 0 Å². The number of carbonyl (C=O) groups is 4. The van der Waals surface area contributed by atoms with Crippen LogP contribution in [0.2, 0.25) is 5.15 Å².